The van der Waals surface area contributed by atoms with Gasteiger partial charge in [-0.15, -0.1) is 0 Å². The molecule has 0 heteroatoms. The van der Waals surface area contributed by atoms with Crippen molar-refractivity contribution in [3.63, 3.8) is 0 Å². The second-order valence-electron chi connectivity index (χ2n) is 6.23. The molecule has 0 N–H and O–H groups in total. The average Bonchev–Trinajstić information content (AvgIpc) is 3.17. The van der Waals surface area contributed by atoms with Gasteiger partial charge in [0.2, 0.25) is 0 Å². The fraction of sp³-hybridized carbons (Fsp3) is 0.0909. The van der Waals surface area contributed by atoms with Crippen molar-refractivity contribution >= 4 is 6.08 Å². The van der Waals surface area contributed by atoms with Gasteiger partial charge in [0.15, 0.2) is 0 Å². The van der Waals surface area contributed by atoms with Crippen molar-refractivity contribution in [2.75, 3.05) is 0 Å². The Kier molecular flexibility index (Phi) is 2.42. The van der Waals surface area contributed by atoms with E-state index in [4.69, 9.17) is 0 Å². The molecule has 0 nitrogen and oxygen atoms in total. The Morgan fingerprint density at radius 1 is 0.636 bits per heavy atom. The molecule has 0 amide bonds. The lowest BCUT2D eigenvalue weighted by Gasteiger charge is -2.08. The van der Waals surface area contributed by atoms with Crippen LogP contribution in [0.4, 0.5) is 0 Å². The summed E-state index contributed by atoms with van der Waals surface area (Å²) >= 11 is 0. The van der Waals surface area contributed by atoms with Crippen LogP contribution >= 0.6 is 0 Å². The van der Waals surface area contributed by atoms with Gasteiger partial charge in [0.05, 0.1) is 0 Å². The van der Waals surface area contributed by atoms with E-state index in [0.717, 1.165) is 12.8 Å². The summed E-state index contributed by atoms with van der Waals surface area (Å²) in [6.45, 7) is 0. The Morgan fingerprint density at radius 2 is 1.45 bits per heavy atom. The largest absolute Gasteiger partial charge is 0.0795 e. The van der Waals surface area contributed by atoms with Crippen molar-refractivity contribution in [1.82, 2.24) is 0 Å². The number of hydrogen-bond acceptors (Lipinski definition) is 0. The third-order valence-electron chi connectivity index (χ3n) is 4.91. The van der Waals surface area contributed by atoms with E-state index in [9.17, 15) is 0 Å². The van der Waals surface area contributed by atoms with E-state index >= 15 is 0 Å². The zero-order valence-corrected chi connectivity index (χ0v) is 12.3. The topological polar surface area (TPSA) is 0 Å². The maximum Gasteiger partial charge on any atom is -0.00132 e. The van der Waals surface area contributed by atoms with Crippen molar-refractivity contribution in [2.24, 2.45) is 0 Å². The molecule has 5 rings (SSSR count). The van der Waals surface area contributed by atoms with E-state index in [1.54, 1.807) is 0 Å². The highest BCUT2D eigenvalue weighted by Crippen LogP contribution is 2.38. The van der Waals surface area contributed by atoms with Gasteiger partial charge < -0.3 is 0 Å². The van der Waals surface area contributed by atoms with Crippen LogP contribution in [0.2, 0.25) is 0 Å². The van der Waals surface area contributed by atoms with Gasteiger partial charge in [0.25, 0.3) is 0 Å². The normalized spacial score (nSPS) is 13.8. The lowest BCUT2D eigenvalue weighted by Crippen LogP contribution is -1.86. The lowest BCUT2D eigenvalue weighted by molar-refractivity contribution is 1.26. The molecule has 0 radical (unpaired) electrons. The summed E-state index contributed by atoms with van der Waals surface area (Å²) < 4.78 is 0. The quantitative estimate of drug-likeness (QED) is 0.432. The smallest absolute Gasteiger partial charge is 0.00132 e. The zero-order valence-electron chi connectivity index (χ0n) is 12.3. The first-order valence-electron chi connectivity index (χ1n) is 7.89. The second-order valence-corrected chi connectivity index (χ2v) is 6.23. The first-order valence-corrected chi connectivity index (χ1v) is 7.89. The van der Waals surface area contributed by atoms with Crippen molar-refractivity contribution in [1.29, 1.82) is 0 Å². The zero-order chi connectivity index (χ0) is 14.5. The van der Waals surface area contributed by atoms with Crippen LogP contribution in [0.3, 0.4) is 0 Å². The average molecular weight is 280 g/mol. The van der Waals surface area contributed by atoms with Crippen LogP contribution in [0.1, 0.15) is 22.3 Å². The molecular weight excluding hydrogens is 264 g/mol. The third kappa shape index (κ3) is 1.70. The predicted octanol–water partition coefficient (Wildman–Crippen LogP) is 5.49. The van der Waals surface area contributed by atoms with E-state index in [0.29, 0.717) is 0 Å². The van der Waals surface area contributed by atoms with Gasteiger partial charge in [0, 0.05) is 0 Å². The van der Waals surface area contributed by atoms with Crippen molar-refractivity contribution in [3.05, 3.63) is 89.0 Å². The van der Waals surface area contributed by atoms with Crippen molar-refractivity contribution in [3.8, 4) is 22.3 Å². The van der Waals surface area contributed by atoms with Gasteiger partial charge in [0.1, 0.15) is 0 Å². The number of benzene rings is 3. The Hall–Kier alpha value is -2.60. The van der Waals surface area contributed by atoms with Gasteiger partial charge in [-0.1, -0.05) is 66.7 Å². The molecule has 3 aromatic rings. The highest BCUT2D eigenvalue weighted by Gasteiger charge is 2.18. The second kappa shape index (κ2) is 4.45. The summed E-state index contributed by atoms with van der Waals surface area (Å²) in [4.78, 5) is 0. The predicted molar refractivity (Wildman–Crippen MR) is 92.9 cm³/mol. The van der Waals surface area contributed by atoms with Crippen LogP contribution < -0.4 is 0 Å². The molecule has 0 heterocycles. The molecule has 22 heavy (non-hydrogen) atoms. The molecule has 2 aliphatic carbocycles. The fourth-order valence-corrected chi connectivity index (χ4v) is 3.75. The molecular formula is C22H16. The van der Waals surface area contributed by atoms with E-state index < -0.39 is 0 Å². The summed E-state index contributed by atoms with van der Waals surface area (Å²) in [7, 11) is 0. The number of allylic oxidation sites excluding steroid dienone is 1. The van der Waals surface area contributed by atoms with E-state index in [1.807, 2.05) is 0 Å². The highest BCUT2D eigenvalue weighted by atomic mass is 14.2. The fourth-order valence-electron chi connectivity index (χ4n) is 3.75. The Labute approximate surface area is 130 Å². The molecule has 0 spiro atoms. The first-order chi connectivity index (χ1) is 10.9. The lowest BCUT2D eigenvalue weighted by atomic mass is 9.97. The summed E-state index contributed by atoms with van der Waals surface area (Å²) in [5.41, 5.74) is 11.2. The van der Waals surface area contributed by atoms with Gasteiger partial charge in [-0.2, -0.15) is 0 Å². The minimum absolute atomic E-state index is 1.06. The molecule has 0 bridgehead atoms. The van der Waals surface area contributed by atoms with Gasteiger partial charge in [-0.25, -0.2) is 0 Å². The summed E-state index contributed by atoms with van der Waals surface area (Å²) in [5.74, 6) is 0. The molecule has 0 saturated heterocycles. The minimum atomic E-state index is 1.06. The van der Waals surface area contributed by atoms with Crippen LogP contribution in [0.5, 0.6) is 0 Å². The van der Waals surface area contributed by atoms with Crippen LogP contribution in [0.15, 0.2) is 66.7 Å². The van der Waals surface area contributed by atoms with Crippen LogP contribution in [-0.2, 0) is 12.8 Å². The van der Waals surface area contributed by atoms with E-state index in [2.05, 4.69) is 72.8 Å². The standard InChI is InChI=1S/C22H16/c1-2-7-21-19(4-1)14-20-13-18(10-11-22(20)21)17-9-8-15-5-3-6-16(15)12-17/h1-4,6-13H,5,14H2. The maximum atomic E-state index is 2.37. The van der Waals surface area contributed by atoms with E-state index in [-0.39, 0.29) is 0 Å². The summed E-state index contributed by atoms with van der Waals surface area (Å²) in [6, 6.07) is 22.5. The molecule has 0 atom stereocenters. The van der Waals surface area contributed by atoms with Gasteiger partial charge in [-0.05, 0) is 63.4 Å². The van der Waals surface area contributed by atoms with Crippen LogP contribution in [0, 0.1) is 0 Å². The molecule has 0 aliphatic heterocycles. The third-order valence-corrected chi connectivity index (χ3v) is 4.91. The molecule has 2 aliphatic rings. The van der Waals surface area contributed by atoms with E-state index in [1.165, 1.54) is 44.5 Å². The van der Waals surface area contributed by atoms with Crippen molar-refractivity contribution in [2.45, 2.75) is 12.8 Å². The summed E-state index contributed by atoms with van der Waals surface area (Å²) in [5, 5.41) is 0. The molecule has 0 aromatic heterocycles. The number of fused-ring (bicyclic) bond motifs is 4. The SMILES string of the molecule is C1=Cc2cc(-c3ccc4c(c3)Cc3ccccc3-4)ccc2C1. The first kappa shape index (κ1) is 12.0. The maximum absolute atomic E-state index is 2.37. The highest BCUT2D eigenvalue weighted by molar-refractivity contribution is 5.81. The van der Waals surface area contributed by atoms with Gasteiger partial charge >= 0.3 is 0 Å². The molecule has 0 saturated carbocycles. The summed E-state index contributed by atoms with van der Waals surface area (Å²) in [6.07, 6.45) is 6.62. The number of rotatable bonds is 1. The van der Waals surface area contributed by atoms with Crippen LogP contribution in [0.25, 0.3) is 28.3 Å². The van der Waals surface area contributed by atoms with Gasteiger partial charge in [-0.3, -0.25) is 0 Å². The molecule has 104 valence electrons. The molecule has 0 unspecified atom stereocenters. The Balaban J connectivity index is 1.61. The Bertz CT molecular complexity index is 929. The molecule has 3 aromatic carbocycles. The van der Waals surface area contributed by atoms with Crippen LogP contribution in [-0.4, -0.2) is 0 Å². The molecule has 0 fully saturated rings. The monoisotopic (exact) mass is 280 g/mol. The Morgan fingerprint density at radius 3 is 2.45 bits per heavy atom. The minimum Gasteiger partial charge on any atom is -0.0795 e. The van der Waals surface area contributed by atoms with Crippen molar-refractivity contribution < 1.29 is 0 Å². The number of hydrogen-bond donors (Lipinski definition) is 0.